The Morgan fingerprint density at radius 1 is 1.54 bits per heavy atom. The van der Waals surface area contributed by atoms with Crippen LogP contribution in [-0.4, -0.2) is 0 Å². The Balaban J connectivity index is 2.72. The van der Waals surface area contributed by atoms with E-state index in [9.17, 15) is 5.26 Å². The van der Waals surface area contributed by atoms with E-state index in [4.69, 9.17) is 0 Å². The molecule has 0 radical (unpaired) electrons. The van der Waals surface area contributed by atoms with Crippen LogP contribution in [-0.2, 0) is 0 Å². The fourth-order valence-corrected chi connectivity index (χ4v) is 2.17. The van der Waals surface area contributed by atoms with Crippen molar-refractivity contribution in [3.63, 3.8) is 0 Å². The highest BCUT2D eigenvalue weighted by Gasteiger charge is 2.37. The third-order valence-corrected chi connectivity index (χ3v) is 3.61. The van der Waals surface area contributed by atoms with Gasteiger partial charge in [-0.2, -0.15) is 5.26 Å². The molecule has 1 aliphatic rings. The van der Waals surface area contributed by atoms with Gasteiger partial charge in [0.2, 0.25) is 0 Å². The van der Waals surface area contributed by atoms with Crippen LogP contribution in [0.1, 0.15) is 39.5 Å². The lowest BCUT2D eigenvalue weighted by molar-refractivity contribution is 0.175. The van der Waals surface area contributed by atoms with E-state index in [1.165, 1.54) is 12.8 Å². The molecule has 1 heteroatoms. The molecule has 1 atom stereocenters. The summed E-state index contributed by atoms with van der Waals surface area (Å²) in [4.78, 5) is 0. The summed E-state index contributed by atoms with van der Waals surface area (Å²) in [5.74, 6) is 1.14. The smallest absolute Gasteiger partial charge is 0.0695 e. The van der Waals surface area contributed by atoms with Crippen molar-refractivity contribution in [1.82, 2.24) is 0 Å². The molecule has 0 spiro atoms. The highest BCUT2D eigenvalue weighted by atomic mass is 14.4. The van der Waals surface area contributed by atoms with Crippen LogP contribution < -0.4 is 0 Å². The summed E-state index contributed by atoms with van der Waals surface area (Å²) >= 11 is 0. The van der Waals surface area contributed by atoms with E-state index in [0.29, 0.717) is 5.92 Å². The maximum absolute atomic E-state index is 9.23. The molecule has 1 saturated carbocycles. The van der Waals surface area contributed by atoms with E-state index in [1.807, 2.05) is 6.08 Å². The van der Waals surface area contributed by atoms with Crippen molar-refractivity contribution in [3.05, 3.63) is 12.7 Å². The third-order valence-electron chi connectivity index (χ3n) is 3.61. The summed E-state index contributed by atoms with van der Waals surface area (Å²) < 4.78 is 0. The van der Waals surface area contributed by atoms with Gasteiger partial charge in [-0.15, -0.1) is 6.58 Å². The van der Waals surface area contributed by atoms with E-state index in [1.54, 1.807) is 0 Å². The molecule has 1 aliphatic carbocycles. The first-order valence-corrected chi connectivity index (χ1v) is 5.18. The fourth-order valence-electron chi connectivity index (χ4n) is 2.17. The number of rotatable bonds is 2. The quantitative estimate of drug-likeness (QED) is 0.592. The minimum Gasteiger partial charge on any atom is -0.198 e. The standard InChI is InChI=1S/C12H19N/c1-4-11(3)12(9-13)7-5-10(2)6-8-12/h4,10-11H,1,5-8H2,2-3H3. The second kappa shape index (κ2) is 3.96. The van der Waals surface area contributed by atoms with Gasteiger partial charge in [0.25, 0.3) is 0 Å². The van der Waals surface area contributed by atoms with Gasteiger partial charge < -0.3 is 0 Å². The molecule has 0 N–H and O–H groups in total. The molecule has 1 rings (SSSR count). The maximum atomic E-state index is 9.23. The summed E-state index contributed by atoms with van der Waals surface area (Å²) in [5, 5.41) is 9.23. The Morgan fingerprint density at radius 2 is 2.08 bits per heavy atom. The number of hydrogen-bond donors (Lipinski definition) is 0. The molecule has 0 bridgehead atoms. The summed E-state index contributed by atoms with van der Waals surface area (Å²) in [6.07, 6.45) is 6.44. The molecule has 1 fully saturated rings. The van der Waals surface area contributed by atoms with Crippen LogP contribution in [0.4, 0.5) is 0 Å². The van der Waals surface area contributed by atoms with Gasteiger partial charge in [0.1, 0.15) is 0 Å². The number of allylic oxidation sites excluding steroid dienone is 1. The van der Waals surface area contributed by atoms with Crippen LogP contribution in [0.2, 0.25) is 0 Å². The van der Waals surface area contributed by atoms with Crippen molar-refractivity contribution in [1.29, 1.82) is 5.26 Å². The SMILES string of the molecule is C=CC(C)C1(C#N)CCC(C)CC1. The Labute approximate surface area is 81.5 Å². The highest BCUT2D eigenvalue weighted by Crippen LogP contribution is 2.44. The molecule has 0 aromatic heterocycles. The van der Waals surface area contributed by atoms with Crippen molar-refractivity contribution in [3.8, 4) is 6.07 Å². The van der Waals surface area contributed by atoms with Crippen LogP contribution in [0.3, 0.4) is 0 Å². The Hall–Kier alpha value is -0.770. The average Bonchev–Trinajstić information content (AvgIpc) is 2.18. The predicted octanol–water partition coefficient (Wildman–Crippen LogP) is 3.53. The second-order valence-electron chi connectivity index (χ2n) is 4.47. The predicted molar refractivity (Wildman–Crippen MR) is 55.0 cm³/mol. The summed E-state index contributed by atoms with van der Waals surface area (Å²) in [7, 11) is 0. The van der Waals surface area contributed by atoms with E-state index in [0.717, 1.165) is 18.8 Å². The molecule has 1 nitrogen and oxygen atoms in total. The first kappa shape index (κ1) is 10.3. The molecule has 0 heterocycles. The van der Waals surface area contributed by atoms with Gasteiger partial charge in [0.15, 0.2) is 0 Å². The first-order valence-electron chi connectivity index (χ1n) is 5.18. The van der Waals surface area contributed by atoms with Crippen LogP contribution in [0, 0.1) is 28.6 Å². The Bertz CT molecular complexity index is 216. The van der Waals surface area contributed by atoms with Gasteiger partial charge in [-0.05, 0) is 37.5 Å². The van der Waals surface area contributed by atoms with Crippen molar-refractivity contribution in [2.45, 2.75) is 39.5 Å². The molecule has 0 saturated heterocycles. The van der Waals surface area contributed by atoms with Gasteiger partial charge >= 0.3 is 0 Å². The third kappa shape index (κ3) is 1.94. The number of nitrogens with zero attached hydrogens (tertiary/aromatic N) is 1. The lowest BCUT2D eigenvalue weighted by Crippen LogP contribution is -2.30. The summed E-state index contributed by atoms with van der Waals surface area (Å²) in [5.41, 5.74) is -0.103. The molecule has 0 aliphatic heterocycles. The Kier molecular flexibility index (Phi) is 3.14. The minimum absolute atomic E-state index is 0.103. The molecular weight excluding hydrogens is 158 g/mol. The number of nitriles is 1. The molecule has 0 aromatic carbocycles. The van der Waals surface area contributed by atoms with Crippen LogP contribution >= 0.6 is 0 Å². The average molecular weight is 177 g/mol. The van der Waals surface area contributed by atoms with Gasteiger partial charge in [-0.1, -0.05) is 19.9 Å². The molecule has 13 heavy (non-hydrogen) atoms. The molecule has 1 unspecified atom stereocenters. The van der Waals surface area contributed by atoms with Crippen molar-refractivity contribution in [2.75, 3.05) is 0 Å². The van der Waals surface area contributed by atoms with E-state index >= 15 is 0 Å². The van der Waals surface area contributed by atoms with Crippen LogP contribution in [0.25, 0.3) is 0 Å². The monoisotopic (exact) mass is 177 g/mol. The summed E-state index contributed by atoms with van der Waals surface area (Å²) in [6, 6.07) is 2.52. The largest absolute Gasteiger partial charge is 0.198 e. The van der Waals surface area contributed by atoms with Gasteiger partial charge in [-0.25, -0.2) is 0 Å². The fraction of sp³-hybridized carbons (Fsp3) is 0.750. The topological polar surface area (TPSA) is 23.8 Å². The van der Waals surface area contributed by atoms with E-state index < -0.39 is 0 Å². The molecule has 72 valence electrons. The molecular formula is C12H19N. The normalized spacial score (nSPS) is 36.2. The van der Waals surface area contributed by atoms with Gasteiger partial charge in [0, 0.05) is 0 Å². The summed E-state index contributed by atoms with van der Waals surface area (Å²) in [6.45, 7) is 8.19. The lowest BCUT2D eigenvalue weighted by Gasteiger charge is -2.37. The van der Waals surface area contributed by atoms with Crippen LogP contribution in [0.5, 0.6) is 0 Å². The first-order chi connectivity index (χ1) is 6.14. The molecule has 0 amide bonds. The minimum atomic E-state index is -0.103. The highest BCUT2D eigenvalue weighted by molar-refractivity contribution is 5.08. The Morgan fingerprint density at radius 3 is 2.46 bits per heavy atom. The van der Waals surface area contributed by atoms with Crippen molar-refractivity contribution >= 4 is 0 Å². The zero-order valence-electron chi connectivity index (χ0n) is 8.71. The zero-order valence-corrected chi connectivity index (χ0v) is 8.71. The van der Waals surface area contributed by atoms with Crippen molar-refractivity contribution in [2.24, 2.45) is 17.3 Å². The van der Waals surface area contributed by atoms with Crippen LogP contribution in [0.15, 0.2) is 12.7 Å². The van der Waals surface area contributed by atoms with Crippen molar-refractivity contribution < 1.29 is 0 Å². The van der Waals surface area contributed by atoms with Gasteiger partial charge in [-0.3, -0.25) is 0 Å². The second-order valence-corrected chi connectivity index (χ2v) is 4.47. The van der Waals surface area contributed by atoms with E-state index in [-0.39, 0.29) is 5.41 Å². The maximum Gasteiger partial charge on any atom is 0.0695 e. The van der Waals surface area contributed by atoms with E-state index in [2.05, 4.69) is 26.5 Å². The molecule has 0 aromatic rings. The number of hydrogen-bond acceptors (Lipinski definition) is 1. The zero-order chi connectivity index (χ0) is 9.90. The van der Waals surface area contributed by atoms with Gasteiger partial charge in [0.05, 0.1) is 11.5 Å². The lowest BCUT2D eigenvalue weighted by atomic mass is 9.65.